The van der Waals surface area contributed by atoms with Gasteiger partial charge < -0.3 is 14.6 Å². The van der Waals surface area contributed by atoms with Crippen molar-refractivity contribution in [3.63, 3.8) is 0 Å². The standard InChI is InChI=1S/C18H22N2O4S/c1-12-9-13(20-24-12)11-25-15-8-6-5-7-14(15)17(22)23-10-16(21)19-18(2,3)4/h5-9H,10-11H2,1-4H3,(H,19,21). The van der Waals surface area contributed by atoms with Gasteiger partial charge in [0.15, 0.2) is 6.61 Å². The summed E-state index contributed by atoms with van der Waals surface area (Å²) < 4.78 is 10.2. The third-order valence-corrected chi connectivity index (χ3v) is 4.12. The molecule has 2 aromatic rings. The minimum atomic E-state index is -0.525. The number of carbonyl (C=O) groups excluding carboxylic acids is 2. The molecule has 6 nitrogen and oxygen atoms in total. The van der Waals surface area contributed by atoms with E-state index in [1.807, 2.05) is 45.9 Å². The second-order valence-corrected chi connectivity index (χ2v) is 7.61. The predicted octanol–water partition coefficient (Wildman–Crippen LogP) is 3.35. The lowest BCUT2D eigenvalue weighted by atomic mass is 10.1. The minimum Gasteiger partial charge on any atom is -0.452 e. The summed E-state index contributed by atoms with van der Waals surface area (Å²) in [5.41, 5.74) is 0.860. The van der Waals surface area contributed by atoms with Crippen molar-refractivity contribution in [2.75, 3.05) is 6.61 Å². The third kappa shape index (κ3) is 6.26. The number of esters is 1. The largest absolute Gasteiger partial charge is 0.452 e. The van der Waals surface area contributed by atoms with E-state index in [1.165, 1.54) is 11.8 Å². The SMILES string of the molecule is Cc1cc(CSc2ccccc2C(=O)OCC(=O)NC(C)(C)C)no1. The van der Waals surface area contributed by atoms with E-state index >= 15 is 0 Å². The summed E-state index contributed by atoms with van der Waals surface area (Å²) in [6, 6.07) is 8.98. The molecule has 1 N–H and O–H groups in total. The van der Waals surface area contributed by atoms with Gasteiger partial charge in [-0.15, -0.1) is 11.8 Å². The van der Waals surface area contributed by atoms with Crippen LogP contribution in [-0.2, 0) is 15.3 Å². The highest BCUT2D eigenvalue weighted by Crippen LogP contribution is 2.26. The van der Waals surface area contributed by atoms with Gasteiger partial charge in [-0.1, -0.05) is 17.3 Å². The Morgan fingerprint density at radius 1 is 1.28 bits per heavy atom. The van der Waals surface area contributed by atoms with Crippen LogP contribution >= 0.6 is 11.8 Å². The number of ether oxygens (including phenoxy) is 1. The van der Waals surface area contributed by atoms with Crippen LogP contribution in [0.25, 0.3) is 0 Å². The zero-order valence-corrected chi connectivity index (χ0v) is 15.6. The summed E-state index contributed by atoms with van der Waals surface area (Å²) in [6.45, 7) is 7.12. The summed E-state index contributed by atoms with van der Waals surface area (Å²) in [5, 5.41) is 6.68. The fraction of sp³-hybridized carbons (Fsp3) is 0.389. The van der Waals surface area contributed by atoms with Gasteiger partial charge in [-0.05, 0) is 39.8 Å². The second kappa shape index (κ2) is 8.20. The van der Waals surface area contributed by atoms with Crippen LogP contribution in [0, 0.1) is 6.92 Å². The zero-order valence-electron chi connectivity index (χ0n) is 14.8. The maximum absolute atomic E-state index is 12.3. The number of hydrogen-bond acceptors (Lipinski definition) is 6. The molecule has 0 spiro atoms. The third-order valence-electron chi connectivity index (χ3n) is 3.01. The van der Waals surface area contributed by atoms with E-state index in [1.54, 1.807) is 12.1 Å². The Kier molecular flexibility index (Phi) is 6.25. The van der Waals surface area contributed by atoms with Gasteiger partial charge in [0.25, 0.3) is 5.91 Å². The van der Waals surface area contributed by atoms with Gasteiger partial charge in [0.2, 0.25) is 0 Å². The molecule has 1 heterocycles. The first-order valence-electron chi connectivity index (χ1n) is 7.87. The van der Waals surface area contributed by atoms with Gasteiger partial charge in [0.05, 0.1) is 11.3 Å². The van der Waals surface area contributed by atoms with E-state index in [4.69, 9.17) is 9.26 Å². The van der Waals surface area contributed by atoms with Gasteiger partial charge in [-0.25, -0.2) is 4.79 Å². The fourth-order valence-electron chi connectivity index (χ4n) is 2.06. The number of rotatable bonds is 6. The zero-order chi connectivity index (χ0) is 18.4. The van der Waals surface area contributed by atoms with Crippen LogP contribution in [-0.4, -0.2) is 29.2 Å². The molecule has 25 heavy (non-hydrogen) atoms. The van der Waals surface area contributed by atoms with E-state index in [9.17, 15) is 9.59 Å². The number of benzene rings is 1. The molecule has 0 bridgehead atoms. The number of carbonyl (C=O) groups is 2. The molecule has 0 radical (unpaired) electrons. The molecular weight excluding hydrogens is 340 g/mol. The number of aryl methyl sites for hydroxylation is 1. The van der Waals surface area contributed by atoms with Crippen molar-refractivity contribution in [3.05, 3.63) is 47.3 Å². The van der Waals surface area contributed by atoms with Crippen molar-refractivity contribution in [3.8, 4) is 0 Å². The summed E-state index contributed by atoms with van der Waals surface area (Å²) in [4.78, 5) is 24.8. The van der Waals surface area contributed by atoms with Gasteiger partial charge in [0.1, 0.15) is 5.76 Å². The number of nitrogens with one attached hydrogen (secondary N) is 1. The van der Waals surface area contributed by atoms with Gasteiger partial charge in [0, 0.05) is 22.3 Å². The molecule has 0 saturated heterocycles. The molecule has 0 aliphatic heterocycles. The lowest BCUT2D eigenvalue weighted by molar-refractivity contribution is -0.125. The summed E-state index contributed by atoms with van der Waals surface area (Å²) in [6.07, 6.45) is 0. The van der Waals surface area contributed by atoms with Gasteiger partial charge in [-0.2, -0.15) is 0 Å². The monoisotopic (exact) mass is 362 g/mol. The Balaban J connectivity index is 1.96. The highest BCUT2D eigenvalue weighted by molar-refractivity contribution is 7.98. The quantitative estimate of drug-likeness (QED) is 0.627. The fourth-order valence-corrected chi connectivity index (χ4v) is 2.98. The van der Waals surface area contributed by atoms with E-state index < -0.39 is 5.97 Å². The van der Waals surface area contributed by atoms with Gasteiger partial charge >= 0.3 is 5.97 Å². The molecule has 134 valence electrons. The average Bonchev–Trinajstić information content (AvgIpc) is 2.95. The molecule has 0 aliphatic rings. The maximum Gasteiger partial charge on any atom is 0.339 e. The first-order chi connectivity index (χ1) is 11.7. The minimum absolute atomic E-state index is 0.308. The molecule has 0 atom stereocenters. The number of amides is 1. The Labute approximate surface area is 151 Å². The number of nitrogens with zero attached hydrogens (tertiary/aromatic N) is 1. The molecule has 1 aromatic heterocycles. The summed E-state index contributed by atoms with van der Waals surface area (Å²) in [5.74, 6) is 0.465. The topological polar surface area (TPSA) is 81.4 Å². The molecular formula is C18H22N2O4S. The second-order valence-electron chi connectivity index (χ2n) is 6.59. The van der Waals surface area contributed by atoms with E-state index in [0.717, 1.165) is 16.3 Å². The highest BCUT2D eigenvalue weighted by atomic mass is 32.2. The smallest absolute Gasteiger partial charge is 0.339 e. The van der Waals surface area contributed by atoms with E-state index in [0.29, 0.717) is 11.3 Å². The predicted molar refractivity (Wildman–Crippen MR) is 95.4 cm³/mol. The molecule has 0 aliphatic carbocycles. The highest BCUT2D eigenvalue weighted by Gasteiger charge is 2.18. The van der Waals surface area contributed by atoms with Crippen molar-refractivity contribution < 1.29 is 18.8 Å². The van der Waals surface area contributed by atoms with Crippen molar-refractivity contribution in [1.29, 1.82) is 0 Å². The average molecular weight is 362 g/mol. The van der Waals surface area contributed by atoms with Crippen LogP contribution in [0.4, 0.5) is 0 Å². The summed E-state index contributed by atoms with van der Waals surface area (Å²) in [7, 11) is 0. The molecule has 1 amide bonds. The Morgan fingerprint density at radius 2 is 2.00 bits per heavy atom. The molecule has 7 heteroatoms. The van der Waals surface area contributed by atoms with Crippen LogP contribution in [0.5, 0.6) is 0 Å². The lowest BCUT2D eigenvalue weighted by Crippen LogP contribution is -2.42. The number of aromatic nitrogens is 1. The molecule has 0 unspecified atom stereocenters. The maximum atomic E-state index is 12.3. The first-order valence-corrected chi connectivity index (χ1v) is 8.85. The van der Waals surface area contributed by atoms with Crippen LogP contribution in [0.15, 0.2) is 39.8 Å². The Morgan fingerprint density at radius 3 is 2.64 bits per heavy atom. The van der Waals surface area contributed by atoms with Crippen molar-refractivity contribution in [1.82, 2.24) is 10.5 Å². The van der Waals surface area contributed by atoms with Crippen molar-refractivity contribution in [2.24, 2.45) is 0 Å². The van der Waals surface area contributed by atoms with Crippen LogP contribution in [0.2, 0.25) is 0 Å². The van der Waals surface area contributed by atoms with Gasteiger partial charge in [-0.3, -0.25) is 4.79 Å². The molecule has 1 aromatic carbocycles. The Hall–Kier alpha value is -2.28. The van der Waals surface area contributed by atoms with E-state index in [2.05, 4.69) is 10.5 Å². The lowest BCUT2D eigenvalue weighted by Gasteiger charge is -2.20. The van der Waals surface area contributed by atoms with Crippen molar-refractivity contribution >= 4 is 23.6 Å². The molecule has 2 rings (SSSR count). The first kappa shape index (κ1) is 19.1. The van der Waals surface area contributed by atoms with Crippen molar-refractivity contribution in [2.45, 2.75) is 43.9 Å². The van der Waals surface area contributed by atoms with E-state index in [-0.39, 0.29) is 18.1 Å². The van der Waals surface area contributed by atoms with Crippen LogP contribution in [0.3, 0.4) is 0 Å². The number of thioether (sulfide) groups is 1. The molecule has 0 fully saturated rings. The van der Waals surface area contributed by atoms with Crippen LogP contribution in [0.1, 0.15) is 42.6 Å². The Bertz CT molecular complexity index is 750. The summed E-state index contributed by atoms with van der Waals surface area (Å²) >= 11 is 1.46. The normalized spacial score (nSPS) is 11.2. The molecule has 0 saturated carbocycles. The number of hydrogen-bond donors (Lipinski definition) is 1. The van der Waals surface area contributed by atoms with Crippen LogP contribution < -0.4 is 5.32 Å².